The number of aromatic nitrogens is 3. The third kappa shape index (κ3) is 2.96. The number of ketones is 1. The van der Waals surface area contributed by atoms with Gasteiger partial charge in [-0.15, -0.1) is 0 Å². The number of nitrogens with zero attached hydrogens (tertiary/aromatic N) is 3. The second-order valence-electron chi connectivity index (χ2n) is 4.01. The summed E-state index contributed by atoms with van der Waals surface area (Å²) in [7, 11) is 0. The second-order valence-corrected chi connectivity index (χ2v) is 4.39. The van der Waals surface area contributed by atoms with Crippen molar-refractivity contribution in [2.45, 2.75) is 26.3 Å². The molecule has 0 fully saturated rings. The van der Waals surface area contributed by atoms with Gasteiger partial charge in [0, 0.05) is 30.7 Å². The molecule has 2 heterocycles. The summed E-state index contributed by atoms with van der Waals surface area (Å²) in [5.74, 6) is 0.791. The fourth-order valence-corrected chi connectivity index (χ4v) is 1.85. The normalized spacial score (nSPS) is 10.6. The number of halogens is 1. The monoisotopic (exact) mass is 263 g/mol. The number of rotatable bonds is 5. The van der Waals surface area contributed by atoms with E-state index in [1.807, 2.05) is 10.8 Å². The molecular formula is C13H14ClN3O. The van der Waals surface area contributed by atoms with Crippen molar-refractivity contribution in [2.75, 3.05) is 0 Å². The van der Waals surface area contributed by atoms with E-state index in [9.17, 15) is 4.79 Å². The fourth-order valence-electron chi connectivity index (χ4n) is 1.74. The molecule has 18 heavy (non-hydrogen) atoms. The summed E-state index contributed by atoms with van der Waals surface area (Å²) in [6, 6.07) is 3.30. The van der Waals surface area contributed by atoms with Gasteiger partial charge < -0.3 is 4.57 Å². The summed E-state index contributed by atoms with van der Waals surface area (Å²) >= 11 is 5.69. The molecule has 0 aliphatic rings. The summed E-state index contributed by atoms with van der Waals surface area (Å²) in [6.07, 6.45) is 6.42. The van der Waals surface area contributed by atoms with Crippen LogP contribution in [0.15, 0.2) is 30.7 Å². The molecule has 2 rings (SSSR count). The molecule has 0 atom stereocenters. The van der Waals surface area contributed by atoms with Crippen LogP contribution in [-0.2, 0) is 13.0 Å². The van der Waals surface area contributed by atoms with Gasteiger partial charge in [0.15, 0.2) is 5.78 Å². The quantitative estimate of drug-likeness (QED) is 0.616. The molecule has 0 radical (unpaired) electrons. The van der Waals surface area contributed by atoms with E-state index in [0.29, 0.717) is 10.7 Å². The maximum atomic E-state index is 12.0. The van der Waals surface area contributed by atoms with E-state index in [0.717, 1.165) is 18.8 Å². The molecule has 5 heteroatoms. The van der Waals surface area contributed by atoms with Crippen molar-refractivity contribution in [3.8, 4) is 0 Å². The average Bonchev–Trinajstić information content (AvgIpc) is 2.78. The Morgan fingerprint density at radius 2 is 2.22 bits per heavy atom. The van der Waals surface area contributed by atoms with Gasteiger partial charge in [0.1, 0.15) is 11.0 Å². The number of pyridine rings is 1. The lowest BCUT2D eigenvalue weighted by molar-refractivity contribution is 0.0989. The van der Waals surface area contributed by atoms with Crippen LogP contribution in [0, 0.1) is 0 Å². The first-order valence-corrected chi connectivity index (χ1v) is 6.23. The lowest BCUT2D eigenvalue weighted by Crippen LogP contribution is -2.10. The minimum absolute atomic E-state index is 0.00252. The van der Waals surface area contributed by atoms with Crippen LogP contribution in [0.2, 0.25) is 5.15 Å². The van der Waals surface area contributed by atoms with Crippen LogP contribution in [-0.4, -0.2) is 20.3 Å². The highest BCUT2D eigenvalue weighted by Gasteiger charge is 2.11. The minimum atomic E-state index is 0.00252. The Morgan fingerprint density at radius 3 is 2.89 bits per heavy atom. The number of aryl methyl sites for hydroxylation is 1. The third-order valence-corrected chi connectivity index (χ3v) is 2.86. The molecule has 0 N–H and O–H groups in total. The number of hydrogen-bond acceptors (Lipinski definition) is 3. The molecule has 2 aromatic heterocycles. The average molecular weight is 264 g/mol. The van der Waals surface area contributed by atoms with Gasteiger partial charge in [-0.25, -0.2) is 9.97 Å². The predicted molar refractivity (Wildman–Crippen MR) is 69.8 cm³/mol. The SMILES string of the molecule is CCCn1ccnc1CC(=O)c1ccc(Cl)nc1. The van der Waals surface area contributed by atoms with Crippen molar-refractivity contribution in [3.63, 3.8) is 0 Å². The van der Waals surface area contributed by atoms with Gasteiger partial charge in [0.2, 0.25) is 0 Å². The van der Waals surface area contributed by atoms with E-state index in [1.54, 1.807) is 18.3 Å². The van der Waals surface area contributed by atoms with E-state index < -0.39 is 0 Å². The summed E-state index contributed by atoms with van der Waals surface area (Å²) in [4.78, 5) is 20.2. The molecule has 0 unspecified atom stereocenters. The first-order valence-electron chi connectivity index (χ1n) is 5.85. The van der Waals surface area contributed by atoms with E-state index in [1.165, 1.54) is 6.20 Å². The Labute approximate surface area is 111 Å². The minimum Gasteiger partial charge on any atom is -0.335 e. The van der Waals surface area contributed by atoms with Gasteiger partial charge in [-0.2, -0.15) is 0 Å². The summed E-state index contributed by atoms with van der Waals surface area (Å²) in [6.45, 7) is 2.97. The van der Waals surface area contributed by atoms with Gasteiger partial charge >= 0.3 is 0 Å². The Balaban J connectivity index is 2.11. The van der Waals surface area contributed by atoms with Crippen LogP contribution in [0.1, 0.15) is 29.5 Å². The largest absolute Gasteiger partial charge is 0.335 e. The molecule has 0 aliphatic carbocycles. The molecule has 4 nitrogen and oxygen atoms in total. The zero-order valence-electron chi connectivity index (χ0n) is 10.1. The smallest absolute Gasteiger partial charge is 0.171 e. The van der Waals surface area contributed by atoms with E-state index in [-0.39, 0.29) is 12.2 Å². The lowest BCUT2D eigenvalue weighted by atomic mass is 10.1. The number of carbonyl (C=O) groups is 1. The van der Waals surface area contributed by atoms with Crippen LogP contribution < -0.4 is 0 Å². The molecule has 0 aromatic carbocycles. The molecular weight excluding hydrogens is 250 g/mol. The topological polar surface area (TPSA) is 47.8 Å². The van der Waals surface area contributed by atoms with Crippen molar-refractivity contribution in [1.29, 1.82) is 0 Å². The van der Waals surface area contributed by atoms with Crippen LogP contribution >= 0.6 is 11.6 Å². The molecule has 0 bridgehead atoms. The fraction of sp³-hybridized carbons (Fsp3) is 0.308. The maximum absolute atomic E-state index is 12.0. The molecule has 0 saturated heterocycles. The van der Waals surface area contributed by atoms with Crippen molar-refractivity contribution in [2.24, 2.45) is 0 Å². The highest BCUT2D eigenvalue weighted by atomic mass is 35.5. The highest BCUT2D eigenvalue weighted by Crippen LogP contribution is 2.09. The van der Waals surface area contributed by atoms with Crippen LogP contribution in [0.3, 0.4) is 0 Å². The van der Waals surface area contributed by atoms with Gasteiger partial charge in [0.25, 0.3) is 0 Å². The standard InChI is InChI=1S/C13H14ClN3O/c1-2-6-17-7-5-15-13(17)8-11(18)10-3-4-12(14)16-9-10/h3-5,7,9H,2,6,8H2,1H3. The van der Waals surface area contributed by atoms with Crippen molar-refractivity contribution >= 4 is 17.4 Å². The second kappa shape index (κ2) is 5.78. The summed E-state index contributed by atoms with van der Waals surface area (Å²) in [5, 5.41) is 0.388. The number of Topliss-reactive ketones (excluding diaryl/α,β-unsaturated/α-hetero) is 1. The Bertz CT molecular complexity index is 533. The van der Waals surface area contributed by atoms with Crippen LogP contribution in [0.4, 0.5) is 0 Å². The Morgan fingerprint density at radius 1 is 1.39 bits per heavy atom. The zero-order valence-corrected chi connectivity index (χ0v) is 10.9. The molecule has 0 spiro atoms. The highest BCUT2D eigenvalue weighted by molar-refractivity contribution is 6.29. The third-order valence-electron chi connectivity index (χ3n) is 2.63. The van der Waals surface area contributed by atoms with Crippen molar-refractivity contribution in [1.82, 2.24) is 14.5 Å². The summed E-state index contributed by atoms with van der Waals surface area (Å²) < 4.78 is 2.00. The molecule has 94 valence electrons. The van der Waals surface area contributed by atoms with E-state index in [4.69, 9.17) is 11.6 Å². The molecule has 2 aromatic rings. The van der Waals surface area contributed by atoms with Crippen molar-refractivity contribution < 1.29 is 4.79 Å². The number of hydrogen-bond donors (Lipinski definition) is 0. The molecule has 0 saturated carbocycles. The van der Waals surface area contributed by atoms with Gasteiger partial charge in [-0.1, -0.05) is 18.5 Å². The zero-order chi connectivity index (χ0) is 13.0. The lowest BCUT2D eigenvalue weighted by Gasteiger charge is -2.05. The van der Waals surface area contributed by atoms with E-state index in [2.05, 4.69) is 16.9 Å². The van der Waals surface area contributed by atoms with Gasteiger partial charge in [-0.3, -0.25) is 4.79 Å². The van der Waals surface area contributed by atoms with Crippen LogP contribution in [0.5, 0.6) is 0 Å². The van der Waals surface area contributed by atoms with Gasteiger partial charge in [-0.05, 0) is 18.6 Å². The van der Waals surface area contributed by atoms with E-state index >= 15 is 0 Å². The number of carbonyl (C=O) groups excluding carboxylic acids is 1. The molecule has 0 amide bonds. The van der Waals surface area contributed by atoms with Crippen LogP contribution in [0.25, 0.3) is 0 Å². The summed E-state index contributed by atoms with van der Waals surface area (Å²) in [5.41, 5.74) is 0.561. The number of imidazole rings is 1. The molecule has 0 aliphatic heterocycles. The Hall–Kier alpha value is -1.68. The van der Waals surface area contributed by atoms with Gasteiger partial charge in [0.05, 0.1) is 6.42 Å². The van der Waals surface area contributed by atoms with Crippen molar-refractivity contribution in [3.05, 3.63) is 47.3 Å². The first-order chi connectivity index (χ1) is 8.70. The Kier molecular flexibility index (Phi) is 4.10. The first kappa shape index (κ1) is 12.8. The predicted octanol–water partition coefficient (Wildman–Crippen LogP) is 2.77. The maximum Gasteiger partial charge on any atom is 0.171 e.